The van der Waals surface area contributed by atoms with Crippen LogP contribution in [0.5, 0.6) is 0 Å². The first-order chi connectivity index (χ1) is 6.74. The summed E-state index contributed by atoms with van der Waals surface area (Å²) in [4.78, 5) is 3.96. The summed E-state index contributed by atoms with van der Waals surface area (Å²) in [5, 5.41) is 2.15. The third-order valence-corrected chi connectivity index (χ3v) is 3.45. The zero-order valence-corrected chi connectivity index (χ0v) is 10.7. The topological polar surface area (TPSA) is 3.24 Å². The summed E-state index contributed by atoms with van der Waals surface area (Å²) in [6.07, 6.45) is 1.17. The van der Waals surface area contributed by atoms with Crippen LogP contribution in [0, 0.1) is 0 Å². The minimum Gasteiger partial charge on any atom is -0.296 e. The Bertz CT molecular complexity index is 231. The molecule has 0 saturated heterocycles. The second-order valence-corrected chi connectivity index (χ2v) is 5.20. The van der Waals surface area contributed by atoms with Gasteiger partial charge in [0.25, 0.3) is 0 Å². The van der Waals surface area contributed by atoms with Gasteiger partial charge in [-0.25, -0.2) is 0 Å². The highest BCUT2D eigenvalue weighted by molar-refractivity contribution is 7.80. The molecule has 0 bridgehead atoms. The van der Waals surface area contributed by atoms with Crippen molar-refractivity contribution in [2.24, 2.45) is 0 Å². The molecule has 0 unspecified atom stereocenters. The van der Waals surface area contributed by atoms with Crippen molar-refractivity contribution in [3.63, 3.8) is 0 Å². The number of nitrogens with zero attached hydrogens (tertiary/aromatic N) is 1. The Hall–Kier alpha value is 0.01000. The van der Waals surface area contributed by atoms with Gasteiger partial charge in [-0.05, 0) is 44.0 Å². The molecular weight excluding hydrogens is 210 g/mol. The number of thiophene rings is 1. The summed E-state index contributed by atoms with van der Waals surface area (Å²) in [5.41, 5.74) is 0. The van der Waals surface area contributed by atoms with Crippen molar-refractivity contribution in [3.05, 3.63) is 22.4 Å². The maximum atomic E-state index is 4.25. The molecule has 1 aromatic heterocycles. The molecule has 14 heavy (non-hydrogen) atoms. The average Bonchev–Trinajstić information content (AvgIpc) is 2.64. The second kappa shape index (κ2) is 6.49. The number of hydrogen-bond acceptors (Lipinski definition) is 3. The normalized spacial score (nSPS) is 11.5. The van der Waals surface area contributed by atoms with Crippen molar-refractivity contribution >= 4 is 24.0 Å². The van der Waals surface area contributed by atoms with Gasteiger partial charge in [-0.3, -0.25) is 4.90 Å². The van der Waals surface area contributed by atoms with E-state index in [1.54, 1.807) is 0 Å². The van der Waals surface area contributed by atoms with Crippen molar-refractivity contribution in [2.75, 3.05) is 12.3 Å². The smallest absolute Gasteiger partial charge is 0.0330 e. The lowest BCUT2D eigenvalue weighted by molar-refractivity contribution is 0.216. The summed E-state index contributed by atoms with van der Waals surface area (Å²) in [6, 6.07) is 4.95. The van der Waals surface area contributed by atoms with Gasteiger partial charge in [0.2, 0.25) is 0 Å². The monoisotopic (exact) mass is 229 g/mol. The molecule has 0 N–H and O–H groups in total. The van der Waals surface area contributed by atoms with Gasteiger partial charge in [0.15, 0.2) is 0 Å². The molecule has 0 spiro atoms. The van der Waals surface area contributed by atoms with Crippen LogP contribution in [-0.2, 0) is 6.54 Å². The molecule has 1 rings (SSSR count). The lowest BCUT2D eigenvalue weighted by Gasteiger charge is -2.25. The van der Waals surface area contributed by atoms with Crippen molar-refractivity contribution in [3.8, 4) is 0 Å². The molecule has 1 aromatic rings. The SMILES string of the molecule is CC(C)N(CCCS)Cc1cccs1. The first-order valence-corrected chi connectivity index (χ1v) is 6.62. The van der Waals surface area contributed by atoms with Crippen LogP contribution < -0.4 is 0 Å². The van der Waals surface area contributed by atoms with E-state index in [4.69, 9.17) is 0 Å². The highest BCUT2D eigenvalue weighted by atomic mass is 32.1. The Morgan fingerprint density at radius 3 is 2.79 bits per heavy atom. The van der Waals surface area contributed by atoms with Crippen LogP contribution >= 0.6 is 24.0 Å². The highest BCUT2D eigenvalue weighted by Gasteiger charge is 2.09. The molecule has 0 atom stereocenters. The quantitative estimate of drug-likeness (QED) is 0.733. The van der Waals surface area contributed by atoms with E-state index in [0.29, 0.717) is 6.04 Å². The molecule has 80 valence electrons. The maximum absolute atomic E-state index is 4.25. The fourth-order valence-corrected chi connectivity index (χ4v) is 2.27. The van der Waals surface area contributed by atoms with Crippen LogP contribution in [-0.4, -0.2) is 23.2 Å². The van der Waals surface area contributed by atoms with Crippen LogP contribution in [0.25, 0.3) is 0 Å². The van der Waals surface area contributed by atoms with Gasteiger partial charge in [-0.15, -0.1) is 11.3 Å². The standard InChI is InChI=1S/C11H19NS2/c1-10(2)12(6-4-7-13)9-11-5-3-8-14-11/h3,5,8,10,13H,4,6-7,9H2,1-2H3. The molecule has 0 aromatic carbocycles. The zero-order valence-electron chi connectivity index (χ0n) is 8.94. The lowest BCUT2D eigenvalue weighted by atomic mass is 10.3. The van der Waals surface area contributed by atoms with Gasteiger partial charge in [-0.2, -0.15) is 12.6 Å². The van der Waals surface area contributed by atoms with E-state index in [1.165, 1.54) is 11.3 Å². The third kappa shape index (κ3) is 4.03. The van der Waals surface area contributed by atoms with Crippen molar-refractivity contribution in [2.45, 2.75) is 32.9 Å². The summed E-state index contributed by atoms with van der Waals surface area (Å²) < 4.78 is 0. The Balaban J connectivity index is 2.43. The molecule has 0 fully saturated rings. The Morgan fingerprint density at radius 2 is 2.29 bits per heavy atom. The average molecular weight is 229 g/mol. The minimum absolute atomic E-state index is 0.622. The van der Waals surface area contributed by atoms with E-state index in [1.807, 2.05) is 11.3 Å². The number of rotatable bonds is 6. The fourth-order valence-electron chi connectivity index (χ4n) is 1.40. The Kier molecular flexibility index (Phi) is 5.60. The van der Waals surface area contributed by atoms with Gasteiger partial charge < -0.3 is 0 Å². The molecule has 3 heteroatoms. The first kappa shape index (κ1) is 12.1. The molecule has 0 radical (unpaired) electrons. The Morgan fingerprint density at radius 1 is 1.50 bits per heavy atom. The Labute approximate surface area is 96.5 Å². The van der Waals surface area contributed by atoms with Gasteiger partial charge in [0, 0.05) is 17.5 Å². The molecule has 0 aliphatic carbocycles. The molecule has 1 heterocycles. The van der Waals surface area contributed by atoms with Crippen LogP contribution in [0.4, 0.5) is 0 Å². The highest BCUT2D eigenvalue weighted by Crippen LogP contribution is 2.14. The van der Waals surface area contributed by atoms with E-state index in [9.17, 15) is 0 Å². The minimum atomic E-state index is 0.622. The molecule has 1 nitrogen and oxygen atoms in total. The molecule has 0 saturated carbocycles. The van der Waals surface area contributed by atoms with Gasteiger partial charge in [0.05, 0.1) is 0 Å². The predicted octanol–water partition coefficient (Wildman–Crippen LogP) is 3.28. The van der Waals surface area contributed by atoms with Crippen molar-refractivity contribution in [1.82, 2.24) is 4.90 Å². The molecule has 0 amide bonds. The largest absolute Gasteiger partial charge is 0.296 e. The summed E-state index contributed by atoms with van der Waals surface area (Å²) in [5.74, 6) is 0.980. The maximum Gasteiger partial charge on any atom is 0.0330 e. The van der Waals surface area contributed by atoms with Crippen LogP contribution in [0.15, 0.2) is 17.5 Å². The molecule has 0 aliphatic rings. The van der Waals surface area contributed by atoms with Gasteiger partial charge in [-0.1, -0.05) is 6.07 Å². The first-order valence-electron chi connectivity index (χ1n) is 5.11. The van der Waals surface area contributed by atoms with E-state index < -0.39 is 0 Å². The fraction of sp³-hybridized carbons (Fsp3) is 0.636. The predicted molar refractivity (Wildman–Crippen MR) is 68.3 cm³/mol. The van der Waals surface area contributed by atoms with Crippen molar-refractivity contribution in [1.29, 1.82) is 0 Å². The molecular formula is C11H19NS2. The lowest BCUT2D eigenvalue weighted by Crippen LogP contribution is -2.31. The summed E-state index contributed by atoms with van der Waals surface area (Å²) in [7, 11) is 0. The van der Waals surface area contributed by atoms with Gasteiger partial charge >= 0.3 is 0 Å². The number of hydrogen-bond donors (Lipinski definition) is 1. The summed E-state index contributed by atoms with van der Waals surface area (Å²) >= 11 is 6.09. The van der Waals surface area contributed by atoms with E-state index in [2.05, 4.69) is 48.9 Å². The van der Waals surface area contributed by atoms with Crippen LogP contribution in [0.1, 0.15) is 25.1 Å². The second-order valence-electron chi connectivity index (χ2n) is 3.72. The summed E-state index contributed by atoms with van der Waals surface area (Å²) in [6.45, 7) is 6.75. The third-order valence-electron chi connectivity index (χ3n) is 2.27. The van der Waals surface area contributed by atoms with E-state index in [0.717, 1.165) is 18.8 Å². The molecule has 0 aliphatic heterocycles. The van der Waals surface area contributed by atoms with E-state index >= 15 is 0 Å². The zero-order chi connectivity index (χ0) is 10.4. The number of thiol groups is 1. The van der Waals surface area contributed by atoms with Gasteiger partial charge in [0.1, 0.15) is 0 Å². The van der Waals surface area contributed by atoms with Crippen LogP contribution in [0.2, 0.25) is 0 Å². The van der Waals surface area contributed by atoms with Crippen molar-refractivity contribution < 1.29 is 0 Å². The van der Waals surface area contributed by atoms with E-state index in [-0.39, 0.29) is 0 Å². The van der Waals surface area contributed by atoms with Crippen LogP contribution in [0.3, 0.4) is 0 Å².